The van der Waals surface area contributed by atoms with Gasteiger partial charge in [0.2, 0.25) is 5.88 Å². The van der Waals surface area contributed by atoms with Crippen LogP contribution in [0.5, 0.6) is 0 Å². The number of hydrogen-bond donors (Lipinski definition) is 0. The van der Waals surface area contributed by atoms with E-state index in [0.717, 1.165) is 51.2 Å². The molecule has 1 aliphatic heterocycles. The van der Waals surface area contributed by atoms with Crippen molar-refractivity contribution >= 4 is 33.0 Å². The quantitative estimate of drug-likeness (QED) is 0.625. The fourth-order valence-electron chi connectivity index (χ4n) is 3.96. The van der Waals surface area contributed by atoms with Gasteiger partial charge in [0, 0.05) is 23.9 Å². The summed E-state index contributed by atoms with van der Waals surface area (Å²) in [7, 11) is 2.06. The third-order valence-corrected chi connectivity index (χ3v) is 5.46. The first kappa shape index (κ1) is 18.6. The normalized spacial score (nSPS) is 15.4. The molecule has 0 unspecified atom stereocenters. The second kappa shape index (κ2) is 7.34. The largest absolute Gasteiger partial charge is 0.443 e. The van der Waals surface area contributed by atoms with Crippen LogP contribution in [0.4, 0.5) is 0 Å². The highest BCUT2D eigenvalue weighted by molar-refractivity contribution is 5.98. The highest BCUT2D eigenvalue weighted by atomic mass is 16.5. The minimum atomic E-state index is 0.131. The second-order valence-electron chi connectivity index (χ2n) is 7.12. The molecule has 1 heterocycles. The lowest BCUT2D eigenvalue weighted by Crippen LogP contribution is -2.18. The molecule has 0 aliphatic carbocycles. The smallest absolute Gasteiger partial charge is 0.206 e. The van der Waals surface area contributed by atoms with Crippen molar-refractivity contribution in [2.24, 2.45) is 0 Å². The monoisotopic (exact) mass is 379 g/mol. The van der Waals surface area contributed by atoms with Crippen molar-refractivity contribution in [3.8, 4) is 12.1 Å². The van der Waals surface area contributed by atoms with Crippen molar-refractivity contribution in [1.29, 1.82) is 10.5 Å². The molecule has 0 atom stereocenters. The van der Waals surface area contributed by atoms with E-state index < -0.39 is 0 Å². The highest BCUT2D eigenvalue weighted by Crippen LogP contribution is 2.31. The summed E-state index contributed by atoms with van der Waals surface area (Å²) in [5, 5.41) is 24.3. The molecule has 0 aromatic heterocycles. The Morgan fingerprint density at radius 3 is 2.10 bits per heavy atom. The zero-order valence-electron chi connectivity index (χ0n) is 16.8. The SMILES string of the molecule is CCC1=C(CC)N(C)/C(=c2/ccc3cc4cc(=C(C#N)C#N)ccc4cc3c2)O1. The number of rotatable bonds is 2. The van der Waals surface area contributed by atoms with Gasteiger partial charge in [0.05, 0.1) is 5.70 Å². The lowest BCUT2D eigenvalue weighted by molar-refractivity contribution is 0.342. The van der Waals surface area contributed by atoms with E-state index in [-0.39, 0.29) is 5.57 Å². The molecule has 142 valence electrons. The maximum Gasteiger partial charge on any atom is 0.206 e. The first-order valence-corrected chi connectivity index (χ1v) is 9.75. The minimum absolute atomic E-state index is 0.131. The molecule has 1 aliphatic rings. The van der Waals surface area contributed by atoms with Crippen LogP contribution >= 0.6 is 0 Å². The Hall–Kier alpha value is -3.76. The van der Waals surface area contributed by atoms with Crippen molar-refractivity contribution in [2.75, 3.05) is 7.05 Å². The molecule has 3 aromatic carbocycles. The predicted molar refractivity (Wildman–Crippen MR) is 115 cm³/mol. The Bertz CT molecular complexity index is 1370. The summed E-state index contributed by atoms with van der Waals surface area (Å²) in [6.45, 7) is 4.26. The van der Waals surface area contributed by atoms with Crippen molar-refractivity contribution in [1.82, 2.24) is 4.90 Å². The summed E-state index contributed by atoms with van der Waals surface area (Å²) in [6, 6.07) is 20.2. The lowest BCUT2D eigenvalue weighted by Gasteiger charge is -2.14. The minimum Gasteiger partial charge on any atom is -0.443 e. The van der Waals surface area contributed by atoms with Gasteiger partial charge in [-0.2, -0.15) is 10.5 Å². The molecule has 0 radical (unpaired) electrons. The fraction of sp³-hybridized carbons (Fsp3) is 0.200. The highest BCUT2D eigenvalue weighted by Gasteiger charge is 2.24. The van der Waals surface area contributed by atoms with Crippen LogP contribution in [0, 0.1) is 22.7 Å². The second-order valence-corrected chi connectivity index (χ2v) is 7.12. The van der Waals surface area contributed by atoms with Gasteiger partial charge in [-0.05, 0) is 58.3 Å². The summed E-state index contributed by atoms with van der Waals surface area (Å²) in [4.78, 5) is 2.15. The molecule has 29 heavy (non-hydrogen) atoms. The van der Waals surface area contributed by atoms with Crippen molar-refractivity contribution in [3.63, 3.8) is 0 Å². The van der Waals surface area contributed by atoms with Crippen molar-refractivity contribution in [2.45, 2.75) is 26.7 Å². The molecule has 0 N–H and O–H groups in total. The molecule has 3 aromatic rings. The molecule has 0 fully saturated rings. The Morgan fingerprint density at radius 2 is 1.52 bits per heavy atom. The van der Waals surface area contributed by atoms with Gasteiger partial charge in [-0.25, -0.2) is 0 Å². The van der Waals surface area contributed by atoms with Crippen LogP contribution < -0.4 is 10.4 Å². The van der Waals surface area contributed by atoms with Crippen LogP contribution in [0.2, 0.25) is 0 Å². The average molecular weight is 379 g/mol. The molecule has 0 bridgehead atoms. The van der Waals surface area contributed by atoms with Crippen LogP contribution in [0.25, 0.3) is 33.0 Å². The molecule has 0 amide bonds. The Balaban J connectivity index is 1.90. The first-order chi connectivity index (χ1) is 14.1. The number of benzene rings is 3. The summed E-state index contributed by atoms with van der Waals surface area (Å²) < 4.78 is 6.17. The van der Waals surface area contributed by atoms with Gasteiger partial charge in [-0.15, -0.1) is 0 Å². The summed E-state index contributed by atoms with van der Waals surface area (Å²) in [5.41, 5.74) is 1.36. The van der Waals surface area contributed by atoms with Gasteiger partial charge in [-0.3, -0.25) is 0 Å². The number of allylic oxidation sites excluding steroid dienone is 2. The number of hydrogen-bond acceptors (Lipinski definition) is 4. The average Bonchev–Trinajstić information content (AvgIpc) is 3.08. The van der Waals surface area contributed by atoms with E-state index in [2.05, 4.69) is 56.1 Å². The zero-order chi connectivity index (χ0) is 20.5. The third kappa shape index (κ3) is 3.10. The van der Waals surface area contributed by atoms with Crippen LogP contribution in [0.1, 0.15) is 26.7 Å². The Kier molecular flexibility index (Phi) is 4.71. The molecule has 0 spiro atoms. The lowest BCUT2D eigenvalue weighted by atomic mass is 10.0. The molecule has 0 saturated heterocycles. The van der Waals surface area contributed by atoms with E-state index in [4.69, 9.17) is 15.3 Å². The Morgan fingerprint density at radius 1 is 0.862 bits per heavy atom. The van der Waals surface area contributed by atoms with Crippen molar-refractivity contribution in [3.05, 3.63) is 70.4 Å². The fourth-order valence-corrected chi connectivity index (χ4v) is 3.96. The first-order valence-electron chi connectivity index (χ1n) is 9.75. The van der Waals surface area contributed by atoms with E-state index in [1.807, 2.05) is 30.3 Å². The number of nitriles is 2. The van der Waals surface area contributed by atoms with Gasteiger partial charge < -0.3 is 9.64 Å². The van der Waals surface area contributed by atoms with E-state index >= 15 is 0 Å². The molecular formula is C25H21N3O. The number of nitrogens with zero attached hydrogens (tertiary/aromatic N) is 3. The summed E-state index contributed by atoms with van der Waals surface area (Å²) >= 11 is 0. The van der Waals surface area contributed by atoms with Crippen molar-refractivity contribution < 1.29 is 4.74 Å². The Labute approximate surface area is 169 Å². The van der Waals surface area contributed by atoms with Crippen LogP contribution in [-0.4, -0.2) is 11.9 Å². The summed E-state index contributed by atoms with van der Waals surface area (Å²) in [5.74, 6) is 1.91. The van der Waals surface area contributed by atoms with Gasteiger partial charge in [-0.1, -0.05) is 32.0 Å². The van der Waals surface area contributed by atoms with Crippen LogP contribution in [-0.2, 0) is 4.74 Å². The maximum absolute atomic E-state index is 9.12. The van der Waals surface area contributed by atoms with Gasteiger partial charge in [0.25, 0.3) is 0 Å². The maximum atomic E-state index is 9.12. The van der Waals surface area contributed by atoms with E-state index in [9.17, 15) is 0 Å². The van der Waals surface area contributed by atoms with Gasteiger partial charge >= 0.3 is 0 Å². The topological polar surface area (TPSA) is 60.0 Å². The summed E-state index contributed by atoms with van der Waals surface area (Å²) in [6.07, 6.45) is 1.82. The van der Waals surface area contributed by atoms with E-state index in [1.54, 1.807) is 0 Å². The predicted octanol–water partition coefficient (Wildman–Crippen LogP) is 4.25. The zero-order valence-corrected chi connectivity index (χ0v) is 16.8. The molecule has 4 rings (SSSR count). The number of ether oxygens (including phenoxy) is 1. The van der Waals surface area contributed by atoms with Gasteiger partial charge in [0.15, 0.2) is 0 Å². The van der Waals surface area contributed by atoms with E-state index in [1.165, 1.54) is 5.70 Å². The van der Waals surface area contributed by atoms with E-state index in [0.29, 0.717) is 5.22 Å². The van der Waals surface area contributed by atoms with Crippen LogP contribution in [0.3, 0.4) is 0 Å². The molecule has 4 heteroatoms. The third-order valence-electron chi connectivity index (χ3n) is 5.46. The molecule has 0 saturated carbocycles. The van der Waals surface area contributed by atoms with Crippen LogP contribution in [0.15, 0.2) is 60.0 Å². The molecular weight excluding hydrogens is 358 g/mol. The molecule has 4 nitrogen and oxygen atoms in total. The van der Waals surface area contributed by atoms with Gasteiger partial charge in [0.1, 0.15) is 23.5 Å². The number of fused-ring (bicyclic) bond motifs is 2. The standard InChI is InChI=1S/C25H21N3O/c1-4-23-24(5-2)29-25(28(23)3)19-9-8-17-10-20-12-18(22(14-26)15-27)7-6-16(20)11-21(17)13-19/h6-13H,4-5H2,1-3H3/b25-19+.